The number of hydrogen-bond acceptors (Lipinski definition) is 3. The number of para-hydroxylation sites is 1. The van der Waals surface area contributed by atoms with Gasteiger partial charge >= 0.3 is 0 Å². The first-order valence-corrected chi connectivity index (χ1v) is 13.7. The Balaban J connectivity index is 1.29. The third-order valence-corrected chi connectivity index (χ3v) is 8.92. The van der Waals surface area contributed by atoms with Gasteiger partial charge in [-0.2, -0.15) is 0 Å². The zero-order chi connectivity index (χ0) is 25.5. The molecular formula is C32H35N3O2. The lowest BCUT2D eigenvalue weighted by Gasteiger charge is -2.43. The highest BCUT2D eigenvalue weighted by molar-refractivity contribution is 6.09. The third-order valence-electron chi connectivity index (χ3n) is 8.92. The highest BCUT2D eigenvalue weighted by atomic mass is 16.2. The van der Waals surface area contributed by atoms with Crippen molar-refractivity contribution in [2.45, 2.75) is 57.5 Å². The number of carbonyl (C=O) groups excluding carboxylic acids is 2. The van der Waals surface area contributed by atoms with Crippen LogP contribution in [-0.2, 0) is 0 Å². The van der Waals surface area contributed by atoms with Gasteiger partial charge < -0.3 is 16.0 Å². The van der Waals surface area contributed by atoms with Crippen LogP contribution in [0.2, 0.25) is 0 Å². The zero-order valence-corrected chi connectivity index (χ0v) is 21.5. The quantitative estimate of drug-likeness (QED) is 0.355. The lowest BCUT2D eigenvalue weighted by atomic mass is 9.68. The highest BCUT2D eigenvalue weighted by Crippen LogP contribution is 2.63. The summed E-state index contributed by atoms with van der Waals surface area (Å²) >= 11 is 0. The van der Waals surface area contributed by atoms with Crippen molar-refractivity contribution in [1.82, 2.24) is 5.32 Å². The molecule has 3 aliphatic rings. The number of benzene rings is 3. The molecule has 0 saturated heterocycles. The van der Waals surface area contributed by atoms with E-state index in [9.17, 15) is 9.59 Å². The predicted octanol–water partition coefficient (Wildman–Crippen LogP) is 6.76. The van der Waals surface area contributed by atoms with Crippen molar-refractivity contribution < 1.29 is 9.59 Å². The molecule has 5 nitrogen and oxygen atoms in total. The Hall–Kier alpha value is -3.60. The van der Waals surface area contributed by atoms with Gasteiger partial charge in [-0.15, -0.1) is 0 Å². The van der Waals surface area contributed by atoms with Crippen LogP contribution in [0.15, 0.2) is 72.8 Å². The van der Waals surface area contributed by atoms with Crippen molar-refractivity contribution in [3.05, 3.63) is 95.1 Å². The van der Waals surface area contributed by atoms with Crippen LogP contribution in [0.5, 0.6) is 0 Å². The largest absolute Gasteiger partial charge is 0.378 e. The standard InChI is InChI=1S/C32H35N3O2/c1-3-19(2)33-32(37)24-11-7-8-12-26(24)35-31(36)23-15-16-27-25(18-23)28-21-13-14-22(17-21)29(28)30(34-27)20-9-5-4-6-10-20/h4-12,15-16,18-19,21-22,28-30,34H,3,13-14,17H2,1-2H3,(H,33,37)(H,35,36)/t19-,21-,22-,28-,29+,30+/m0/s1. The fourth-order valence-electron chi connectivity index (χ4n) is 7.01. The Bertz CT molecular complexity index is 1320. The molecule has 6 rings (SSSR count). The summed E-state index contributed by atoms with van der Waals surface area (Å²) in [6.45, 7) is 4.01. The second-order valence-electron chi connectivity index (χ2n) is 11.1. The van der Waals surface area contributed by atoms with Gasteiger partial charge in [0.2, 0.25) is 0 Å². The monoisotopic (exact) mass is 493 g/mol. The molecule has 1 aliphatic heterocycles. The second-order valence-corrected chi connectivity index (χ2v) is 11.1. The Morgan fingerprint density at radius 2 is 1.70 bits per heavy atom. The summed E-state index contributed by atoms with van der Waals surface area (Å²) in [6.07, 6.45) is 4.72. The number of carbonyl (C=O) groups is 2. The number of amides is 2. The van der Waals surface area contributed by atoms with Crippen LogP contribution >= 0.6 is 0 Å². The van der Waals surface area contributed by atoms with Gasteiger partial charge in [0.25, 0.3) is 11.8 Å². The maximum absolute atomic E-state index is 13.4. The molecule has 2 bridgehead atoms. The molecule has 2 fully saturated rings. The summed E-state index contributed by atoms with van der Waals surface area (Å²) in [5.74, 6) is 2.09. The van der Waals surface area contributed by atoms with Crippen molar-refractivity contribution in [2.75, 3.05) is 10.6 Å². The molecule has 6 atom stereocenters. The average Bonchev–Trinajstić information content (AvgIpc) is 3.56. The molecule has 0 unspecified atom stereocenters. The van der Waals surface area contributed by atoms with E-state index in [0.717, 1.165) is 18.0 Å². The second kappa shape index (κ2) is 9.70. The van der Waals surface area contributed by atoms with E-state index in [2.05, 4.69) is 58.4 Å². The molecule has 5 heteroatoms. The predicted molar refractivity (Wildman–Crippen MR) is 148 cm³/mol. The van der Waals surface area contributed by atoms with Gasteiger partial charge in [0.15, 0.2) is 0 Å². The fourth-order valence-corrected chi connectivity index (χ4v) is 7.01. The number of hydrogen-bond donors (Lipinski definition) is 3. The van der Waals surface area contributed by atoms with Crippen LogP contribution < -0.4 is 16.0 Å². The minimum atomic E-state index is -0.184. The lowest BCUT2D eigenvalue weighted by Crippen LogP contribution is -2.35. The minimum absolute atomic E-state index is 0.0683. The first-order valence-electron chi connectivity index (χ1n) is 13.7. The van der Waals surface area contributed by atoms with Gasteiger partial charge in [0.05, 0.1) is 17.3 Å². The van der Waals surface area contributed by atoms with E-state index in [0.29, 0.717) is 40.6 Å². The molecular weight excluding hydrogens is 458 g/mol. The normalized spacial score (nSPS) is 25.9. The molecule has 1 heterocycles. The topological polar surface area (TPSA) is 70.2 Å². The molecule has 2 saturated carbocycles. The van der Waals surface area contributed by atoms with Gasteiger partial charge in [0, 0.05) is 17.3 Å². The van der Waals surface area contributed by atoms with Crippen molar-refractivity contribution in [1.29, 1.82) is 0 Å². The average molecular weight is 494 g/mol. The van der Waals surface area contributed by atoms with Gasteiger partial charge in [-0.1, -0.05) is 49.4 Å². The number of nitrogens with one attached hydrogen (secondary N) is 3. The van der Waals surface area contributed by atoms with Crippen LogP contribution in [0.25, 0.3) is 0 Å². The summed E-state index contributed by atoms with van der Waals surface area (Å²) in [6, 6.07) is 24.5. The molecule has 3 aromatic rings. The van der Waals surface area contributed by atoms with E-state index < -0.39 is 0 Å². The van der Waals surface area contributed by atoms with E-state index in [4.69, 9.17) is 0 Å². The van der Waals surface area contributed by atoms with E-state index >= 15 is 0 Å². The minimum Gasteiger partial charge on any atom is -0.378 e. The van der Waals surface area contributed by atoms with Crippen molar-refractivity contribution in [2.24, 2.45) is 17.8 Å². The van der Waals surface area contributed by atoms with E-state index in [1.54, 1.807) is 12.1 Å². The smallest absolute Gasteiger partial charge is 0.255 e. The van der Waals surface area contributed by atoms with Gasteiger partial charge in [0.1, 0.15) is 0 Å². The summed E-state index contributed by atoms with van der Waals surface area (Å²) in [5.41, 5.74) is 5.43. The molecule has 2 aliphatic carbocycles. The van der Waals surface area contributed by atoms with Crippen molar-refractivity contribution >= 4 is 23.2 Å². The van der Waals surface area contributed by atoms with Crippen LogP contribution in [0.1, 0.15) is 83.3 Å². The van der Waals surface area contributed by atoms with E-state index in [-0.39, 0.29) is 17.9 Å². The SMILES string of the molecule is CC[C@H](C)NC(=O)c1ccccc1NC(=O)c1ccc2c(c1)[C@@H]1[C@H]3CC[C@@H](C3)[C@H]1[C@@H](c1ccccc1)N2. The molecule has 190 valence electrons. The Labute approximate surface area is 219 Å². The zero-order valence-electron chi connectivity index (χ0n) is 21.5. The molecule has 0 radical (unpaired) electrons. The first kappa shape index (κ1) is 23.8. The molecule has 37 heavy (non-hydrogen) atoms. The highest BCUT2D eigenvalue weighted by Gasteiger charge is 2.53. The van der Waals surface area contributed by atoms with Crippen LogP contribution in [-0.4, -0.2) is 17.9 Å². The van der Waals surface area contributed by atoms with Crippen LogP contribution in [0, 0.1) is 17.8 Å². The maximum atomic E-state index is 13.4. The first-order chi connectivity index (χ1) is 18.0. The van der Waals surface area contributed by atoms with Crippen LogP contribution in [0.3, 0.4) is 0 Å². The van der Waals surface area contributed by atoms with E-state index in [1.165, 1.54) is 30.4 Å². The molecule has 0 spiro atoms. The Kier molecular flexibility index (Phi) is 6.23. The third kappa shape index (κ3) is 4.30. The summed E-state index contributed by atoms with van der Waals surface area (Å²) < 4.78 is 0. The van der Waals surface area contributed by atoms with Gasteiger partial charge in [-0.05, 0) is 97.7 Å². The van der Waals surface area contributed by atoms with E-state index in [1.807, 2.05) is 32.0 Å². The number of rotatable bonds is 6. The van der Waals surface area contributed by atoms with Crippen molar-refractivity contribution in [3.8, 4) is 0 Å². The van der Waals surface area contributed by atoms with Gasteiger partial charge in [-0.3, -0.25) is 9.59 Å². The summed E-state index contributed by atoms with van der Waals surface area (Å²) in [4.78, 5) is 26.2. The molecule has 3 aromatic carbocycles. The van der Waals surface area contributed by atoms with Crippen molar-refractivity contribution in [3.63, 3.8) is 0 Å². The number of anilines is 2. The van der Waals surface area contributed by atoms with Gasteiger partial charge in [-0.25, -0.2) is 0 Å². The molecule has 3 N–H and O–H groups in total. The maximum Gasteiger partial charge on any atom is 0.255 e. The summed E-state index contributed by atoms with van der Waals surface area (Å²) in [5, 5.41) is 9.86. The molecule has 2 amide bonds. The fraction of sp³-hybridized carbons (Fsp3) is 0.375. The van der Waals surface area contributed by atoms with Crippen LogP contribution in [0.4, 0.5) is 11.4 Å². The number of fused-ring (bicyclic) bond motifs is 7. The Morgan fingerprint density at radius 1 is 0.946 bits per heavy atom. The molecule has 0 aromatic heterocycles. The Morgan fingerprint density at radius 3 is 2.51 bits per heavy atom. The lowest BCUT2D eigenvalue weighted by molar-refractivity contribution is 0.0940. The summed E-state index contributed by atoms with van der Waals surface area (Å²) in [7, 11) is 0.